The molecule has 6 heteroatoms. The molecule has 0 fully saturated rings. The molecule has 0 radical (unpaired) electrons. The number of hydrogen-bond donors (Lipinski definition) is 2. The summed E-state index contributed by atoms with van der Waals surface area (Å²) in [5.41, 5.74) is 10.2. The topological polar surface area (TPSA) is 91.4 Å². The van der Waals surface area contributed by atoms with Gasteiger partial charge in [0.1, 0.15) is 23.1 Å². The Morgan fingerprint density at radius 2 is 1.80 bits per heavy atom. The lowest BCUT2D eigenvalue weighted by Gasteiger charge is -2.09. The van der Waals surface area contributed by atoms with Crippen LogP contribution in [-0.4, -0.2) is 15.0 Å². The van der Waals surface area contributed by atoms with Gasteiger partial charge in [0, 0.05) is 10.6 Å². The number of fused-ring (bicyclic) bond motifs is 1. The Kier molecular flexibility index (Phi) is 3.60. The van der Waals surface area contributed by atoms with Gasteiger partial charge in [0.25, 0.3) is 0 Å². The van der Waals surface area contributed by atoms with Gasteiger partial charge in [-0.15, -0.1) is 0 Å². The molecule has 0 atom stereocenters. The number of aromatic amines is 1. The summed E-state index contributed by atoms with van der Waals surface area (Å²) in [6.07, 6.45) is 0. The highest BCUT2D eigenvalue weighted by Crippen LogP contribution is 2.31. The summed E-state index contributed by atoms with van der Waals surface area (Å²) in [4.78, 5) is 12.1. The Morgan fingerprint density at radius 1 is 1.04 bits per heavy atom. The van der Waals surface area contributed by atoms with Crippen LogP contribution >= 0.6 is 11.6 Å². The average Bonchev–Trinajstić information content (AvgIpc) is 3.06. The third-order valence-corrected chi connectivity index (χ3v) is 4.20. The minimum Gasteiger partial charge on any atom is -0.383 e. The van der Waals surface area contributed by atoms with E-state index in [1.54, 1.807) is 12.1 Å². The van der Waals surface area contributed by atoms with Crippen LogP contribution in [-0.2, 0) is 0 Å². The van der Waals surface area contributed by atoms with Crippen molar-refractivity contribution in [3.05, 3.63) is 65.2 Å². The molecule has 0 aliphatic carbocycles. The molecule has 0 saturated heterocycles. The van der Waals surface area contributed by atoms with Gasteiger partial charge in [0.05, 0.1) is 11.0 Å². The minimum atomic E-state index is 0.172. The van der Waals surface area contributed by atoms with E-state index in [-0.39, 0.29) is 5.82 Å². The first-order valence-corrected chi connectivity index (χ1v) is 7.95. The van der Waals surface area contributed by atoms with Crippen LogP contribution in [0.2, 0.25) is 5.02 Å². The number of nitrogens with zero attached hydrogens (tertiary/aromatic N) is 3. The average molecular weight is 346 g/mol. The SMILES string of the molecule is N#Cc1c(-c2ccc(Cl)cc2)cc(-c2nc3ccccc3[nH]2)nc1N. The summed E-state index contributed by atoms with van der Waals surface area (Å²) in [6, 6.07) is 18.9. The van der Waals surface area contributed by atoms with Crippen LogP contribution in [0.25, 0.3) is 33.7 Å². The molecule has 3 N–H and O–H groups in total. The number of nitrogens with two attached hydrogens (primary N) is 1. The van der Waals surface area contributed by atoms with Gasteiger partial charge in [-0.2, -0.15) is 5.26 Å². The lowest BCUT2D eigenvalue weighted by Crippen LogP contribution is -2.00. The fourth-order valence-corrected chi connectivity index (χ4v) is 2.86. The molecular weight excluding hydrogens is 334 g/mol. The number of para-hydroxylation sites is 2. The summed E-state index contributed by atoms with van der Waals surface area (Å²) in [5.74, 6) is 0.776. The first-order valence-electron chi connectivity index (χ1n) is 7.57. The summed E-state index contributed by atoms with van der Waals surface area (Å²) in [7, 11) is 0. The minimum absolute atomic E-state index is 0.172. The molecule has 0 bridgehead atoms. The maximum absolute atomic E-state index is 9.47. The number of imidazole rings is 1. The summed E-state index contributed by atoms with van der Waals surface area (Å²) >= 11 is 5.96. The summed E-state index contributed by atoms with van der Waals surface area (Å²) < 4.78 is 0. The number of hydrogen-bond acceptors (Lipinski definition) is 4. The zero-order valence-corrected chi connectivity index (χ0v) is 13.7. The van der Waals surface area contributed by atoms with Crippen molar-refractivity contribution in [2.24, 2.45) is 0 Å². The number of pyridine rings is 1. The first-order chi connectivity index (χ1) is 12.2. The fourth-order valence-electron chi connectivity index (χ4n) is 2.73. The van der Waals surface area contributed by atoms with E-state index < -0.39 is 0 Å². The molecule has 120 valence electrons. The number of H-pyrrole nitrogens is 1. The van der Waals surface area contributed by atoms with Crippen LogP contribution < -0.4 is 5.73 Å². The van der Waals surface area contributed by atoms with Gasteiger partial charge >= 0.3 is 0 Å². The van der Waals surface area contributed by atoms with E-state index in [1.807, 2.05) is 42.5 Å². The van der Waals surface area contributed by atoms with Gasteiger partial charge < -0.3 is 10.7 Å². The molecular formula is C19H12ClN5. The van der Waals surface area contributed by atoms with Crippen molar-refractivity contribution in [3.63, 3.8) is 0 Å². The highest BCUT2D eigenvalue weighted by molar-refractivity contribution is 6.30. The maximum atomic E-state index is 9.47. The lowest BCUT2D eigenvalue weighted by atomic mass is 10.0. The summed E-state index contributed by atoms with van der Waals surface area (Å²) in [6.45, 7) is 0. The van der Waals surface area contributed by atoms with E-state index in [4.69, 9.17) is 17.3 Å². The molecule has 2 heterocycles. The highest BCUT2D eigenvalue weighted by Gasteiger charge is 2.15. The van der Waals surface area contributed by atoms with E-state index in [2.05, 4.69) is 21.0 Å². The molecule has 4 aromatic rings. The van der Waals surface area contributed by atoms with Crippen LogP contribution in [0.1, 0.15) is 5.56 Å². The van der Waals surface area contributed by atoms with Crippen molar-refractivity contribution < 1.29 is 0 Å². The summed E-state index contributed by atoms with van der Waals surface area (Å²) in [5, 5.41) is 10.1. The van der Waals surface area contributed by atoms with Crippen molar-refractivity contribution in [2.75, 3.05) is 5.73 Å². The number of nitrogen functional groups attached to an aromatic ring is 1. The van der Waals surface area contributed by atoms with Crippen molar-refractivity contribution >= 4 is 28.5 Å². The van der Waals surface area contributed by atoms with Crippen LogP contribution in [0.4, 0.5) is 5.82 Å². The van der Waals surface area contributed by atoms with E-state index >= 15 is 0 Å². The molecule has 2 aromatic heterocycles. The molecule has 0 saturated carbocycles. The second-order valence-corrected chi connectivity index (χ2v) is 5.97. The maximum Gasteiger partial charge on any atom is 0.157 e. The Bertz CT molecular complexity index is 1090. The van der Waals surface area contributed by atoms with Gasteiger partial charge in [-0.1, -0.05) is 35.9 Å². The van der Waals surface area contributed by atoms with Crippen molar-refractivity contribution in [3.8, 4) is 28.7 Å². The van der Waals surface area contributed by atoms with Crippen molar-refractivity contribution in [1.29, 1.82) is 5.26 Å². The normalized spacial score (nSPS) is 10.7. The smallest absolute Gasteiger partial charge is 0.157 e. The van der Waals surface area contributed by atoms with Crippen LogP contribution in [0.3, 0.4) is 0 Å². The second kappa shape index (κ2) is 5.93. The number of anilines is 1. The Balaban J connectivity index is 1.92. The van der Waals surface area contributed by atoms with Gasteiger partial charge in [0.15, 0.2) is 5.82 Å². The van der Waals surface area contributed by atoms with Gasteiger partial charge in [-0.25, -0.2) is 9.97 Å². The Hall–Kier alpha value is -3.36. The number of rotatable bonds is 2. The quantitative estimate of drug-likeness (QED) is 0.563. The predicted octanol–water partition coefficient (Wildman–Crippen LogP) is 4.40. The molecule has 0 aliphatic rings. The molecule has 0 unspecified atom stereocenters. The molecule has 0 aliphatic heterocycles. The first kappa shape index (κ1) is 15.2. The van der Waals surface area contributed by atoms with Crippen molar-refractivity contribution in [2.45, 2.75) is 0 Å². The van der Waals surface area contributed by atoms with E-state index in [0.717, 1.165) is 16.6 Å². The van der Waals surface area contributed by atoms with Crippen LogP contribution in [0, 0.1) is 11.3 Å². The molecule has 0 amide bonds. The molecule has 5 nitrogen and oxygen atoms in total. The molecule has 4 rings (SSSR count). The third kappa shape index (κ3) is 2.69. The van der Waals surface area contributed by atoms with E-state index in [1.165, 1.54) is 0 Å². The standard InChI is InChI=1S/C19H12ClN5/c20-12-7-5-11(6-8-12)13-9-17(23-18(22)14(13)10-21)19-24-15-3-1-2-4-16(15)25-19/h1-9H,(H2,22,23)(H,24,25). The third-order valence-electron chi connectivity index (χ3n) is 3.95. The number of benzene rings is 2. The molecule has 2 aromatic carbocycles. The van der Waals surface area contributed by atoms with Gasteiger partial charge in [-0.3, -0.25) is 0 Å². The Morgan fingerprint density at radius 3 is 2.52 bits per heavy atom. The Labute approximate surface area is 148 Å². The number of nitriles is 1. The second-order valence-electron chi connectivity index (χ2n) is 5.54. The number of aromatic nitrogens is 3. The van der Waals surface area contributed by atoms with E-state index in [9.17, 15) is 5.26 Å². The largest absolute Gasteiger partial charge is 0.383 e. The van der Waals surface area contributed by atoms with Crippen LogP contribution in [0.5, 0.6) is 0 Å². The number of halogens is 1. The number of nitrogens with one attached hydrogen (secondary N) is 1. The van der Waals surface area contributed by atoms with E-state index in [0.29, 0.717) is 27.7 Å². The van der Waals surface area contributed by atoms with Crippen LogP contribution in [0.15, 0.2) is 54.6 Å². The molecule has 0 spiro atoms. The highest BCUT2D eigenvalue weighted by atomic mass is 35.5. The fraction of sp³-hybridized carbons (Fsp3) is 0. The van der Waals surface area contributed by atoms with Crippen molar-refractivity contribution in [1.82, 2.24) is 15.0 Å². The molecule has 25 heavy (non-hydrogen) atoms. The predicted molar refractivity (Wildman–Crippen MR) is 98.9 cm³/mol. The monoisotopic (exact) mass is 345 g/mol. The van der Waals surface area contributed by atoms with Gasteiger partial charge in [0.2, 0.25) is 0 Å². The lowest BCUT2D eigenvalue weighted by molar-refractivity contribution is 1.23. The van der Waals surface area contributed by atoms with Gasteiger partial charge in [-0.05, 0) is 35.9 Å². The zero-order valence-electron chi connectivity index (χ0n) is 13.0. The zero-order chi connectivity index (χ0) is 17.4.